The zero-order chi connectivity index (χ0) is 27.2. The molecule has 1 N–H and O–H groups in total. The number of aryl methyl sites for hydroxylation is 2. The van der Waals surface area contributed by atoms with Gasteiger partial charge in [0.2, 0.25) is 0 Å². The third-order valence-electron chi connectivity index (χ3n) is 7.18. The van der Waals surface area contributed by atoms with Crippen LogP contribution in [-0.2, 0) is 0 Å². The predicted molar refractivity (Wildman–Crippen MR) is 157 cm³/mol. The summed E-state index contributed by atoms with van der Waals surface area (Å²) in [6.07, 6.45) is 0.778. The van der Waals surface area contributed by atoms with Crippen molar-refractivity contribution in [3.63, 3.8) is 0 Å². The van der Waals surface area contributed by atoms with Crippen LogP contribution in [0.3, 0.4) is 0 Å². The Morgan fingerprint density at radius 1 is 0.821 bits per heavy atom. The molecule has 0 spiro atoms. The van der Waals surface area contributed by atoms with Crippen molar-refractivity contribution in [3.05, 3.63) is 137 Å². The van der Waals surface area contributed by atoms with Crippen LogP contribution in [0, 0.1) is 13.8 Å². The molecule has 5 aromatic rings. The summed E-state index contributed by atoms with van der Waals surface area (Å²) in [4.78, 5) is 13.6. The maximum absolute atomic E-state index is 13.6. The fraction of sp³-hybridized carbons (Fsp3) is 0.176. The number of nitrogens with zero attached hydrogens (tertiary/aromatic N) is 2. The van der Waals surface area contributed by atoms with Crippen molar-refractivity contribution in [1.29, 1.82) is 0 Å². The zero-order valence-corrected chi connectivity index (χ0v) is 22.6. The van der Waals surface area contributed by atoms with E-state index >= 15 is 0 Å². The maximum atomic E-state index is 13.6. The Hall–Kier alpha value is -4.64. The molecule has 0 aliphatic heterocycles. The van der Waals surface area contributed by atoms with Crippen LogP contribution < -0.4 is 10.1 Å². The molecule has 0 fully saturated rings. The van der Waals surface area contributed by atoms with Crippen LogP contribution in [0.15, 0.2) is 109 Å². The number of carbonyl (C=O) groups is 1. The molecule has 0 saturated carbocycles. The highest BCUT2D eigenvalue weighted by Crippen LogP contribution is 2.28. The molecule has 0 atom stereocenters. The molecule has 0 aliphatic carbocycles. The summed E-state index contributed by atoms with van der Waals surface area (Å²) in [5.41, 5.74) is 7.89. The molecule has 1 amide bonds. The topological polar surface area (TPSA) is 56.2 Å². The molecular weight excluding hydrogens is 482 g/mol. The second-order valence-corrected chi connectivity index (χ2v) is 9.74. The third kappa shape index (κ3) is 5.93. The number of aromatic nitrogens is 2. The van der Waals surface area contributed by atoms with E-state index in [2.05, 4.69) is 85.9 Å². The number of methoxy groups -OCH3 is 1. The van der Waals surface area contributed by atoms with Gasteiger partial charge in [0.05, 0.1) is 18.5 Å². The van der Waals surface area contributed by atoms with E-state index in [1.54, 1.807) is 11.8 Å². The lowest BCUT2D eigenvalue weighted by atomic mass is 9.88. The van der Waals surface area contributed by atoms with Crippen molar-refractivity contribution in [3.8, 4) is 22.7 Å². The minimum absolute atomic E-state index is 0.159. The molecular formula is C34H33N3O2. The van der Waals surface area contributed by atoms with Gasteiger partial charge in [0.15, 0.2) is 0 Å². The largest absolute Gasteiger partial charge is 0.497 e. The van der Waals surface area contributed by atoms with Gasteiger partial charge in [-0.1, -0.05) is 72.8 Å². The van der Waals surface area contributed by atoms with E-state index in [4.69, 9.17) is 9.84 Å². The van der Waals surface area contributed by atoms with Gasteiger partial charge in [-0.25, -0.2) is 4.68 Å². The van der Waals surface area contributed by atoms with Crippen LogP contribution in [0.4, 0.5) is 0 Å². The first-order valence-corrected chi connectivity index (χ1v) is 13.2. The molecule has 1 aromatic heterocycles. The fourth-order valence-corrected chi connectivity index (χ4v) is 4.82. The molecule has 1 heterocycles. The van der Waals surface area contributed by atoms with Gasteiger partial charge in [-0.15, -0.1) is 0 Å². The Labute approximate surface area is 230 Å². The highest BCUT2D eigenvalue weighted by Gasteiger charge is 2.19. The van der Waals surface area contributed by atoms with E-state index in [0.29, 0.717) is 12.2 Å². The van der Waals surface area contributed by atoms with Crippen molar-refractivity contribution in [2.75, 3.05) is 13.7 Å². The van der Waals surface area contributed by atoms with Gasteiger partial charge in [0.25, 0.3) is 5.91 Å². The van der Waals surface area contributed by atoms with Crippen LogP contribution in [-0.4, -0.2) is 29.3 Å². The number of amides is 1. The van der Waals surface area contributed by atoms with E-state index in [0.717, 1.165) is 29.1 Å². The summed E-state index contributed by atoms with van der Waals surface area (Å²) in [7, 11) is 1.64. The first-order chi connectivity index (χ1) is 19.0. The van der Waals surface area contributed by atoms with Gasteiger partial charge in [0, 0.05) is 18.0 Å². The molecule has 39 heavy (non-hydrogen) atoms. The minimum atomic E-state index is -0.159. The lowest BCUT2D eigenvalue weighted by Crippen LogP contribution is -2.28. The second kappa shape index (κ2) is 11.8. The molecule has 0 unspecified atom stereocenters. The molecule has 5 nitrogen and oxygen atoms in total. The van der Waals surface area contributed by atoms with Gasteiger partial charge in [-0.2, -0.15) is 5.10 Å². The number of benzene rings is 4. The Morgan fingerprint density at radius 2 is 1.46 bits per heavy atom. The van der Waals surface area contributed by atoms with Crippen LogP contribution >= 0.6 is 0 Å². The average Bonchev–Trinajstić information content (AvgIpc) is 3.43. The number of nitrogens with one attached hydrogen (secondary N) is 1. The van der Waals surface area contributed by atoms with Crippen LogP contribution in [0.5, 0.6) is 5.75 Å². The quantitative estimate of drug-likeness (QED) is 0.227. The van der Waals surface area contributed by atoms with E-state index in [1.165, 1.54) is 22.3 Å². The van der Waals surface area contributed by atoms with Crippen molar-refractivity contribution in [1.82, 2.24) is 15.1 Å². The number of ether oxygens (including phenoxy) is 1. The Balaban J connectivity index is 1.41. The van der Waals surface area contributed by atoms with E-state index < -0.39 is 0 Å². The Bertz CT molecular complexity index is 1500. The summed E-state index contributed by atoms with van der Waals surface area (Å²) in [6, 6.07) is 36.6. The predicted octanol–water partition coefficient (Wildman–Crippen LogP) is 7.12. The van der Waals surface area contributed by atoms with Gasteiger partial charge in [-0.05, 0) is 78.9 Å². The number of carbonyl (C=O) groups excluding carboxylic acids is 1. The van der Waals surface area contributed by atoms with Crippen LogP contribution in [0.1, 0.15) is 45.1 Å². The standard InChI is InChI=1S/C34H33N3O2/c1-24-14-15-28(22-25(24)2)32-23-33(37(36-32)29-16-18-30(39-3)19-17-29)34(38)35-21-20-31(26-10-6-4-7-11-26)27-12-8-5-9-13-27/h4-19,22-23,31H,20-21H2,1-3H3,(H,35,38). The molecule has 0 saturated heterocycles. The van der Waals surface area contributed by atoms with E-state index in [9.17, 15) is 4.79 Å². The summed E-state index contributed by atoms with van der Waals surface area (Å²) in [5.74, 6) is 0.776. The molecule has 0 bridgehead atoms. The van der Waals surface area contributed by atoms with Crippen molar-refractivity contribution < 1.29 is 9.53 Å². The lowest BCUT2D eigenvalue weighted by molar-refractivity contribution is 0.0945. The molecule has 5 heteroatoms. The summed E-state index contributed by atoms with van der Waals surface area (Å²) in [6.45, 7) is 4.70. The SMILES string of the molecule is COc1ccc(-n2nc(-c3ccc(C)c(C)c3)cc2C(=O)NCCC(c2ccccc2)c2ccccc2)cc1. The van der Waals surface area contributed by atoms with Gasteiger partial charge >= 0.3 is 0 Å². The van der Waals surface area contributed by atoms with Crippen LogP contribution in [0.2, 0.25) is 0 Å². The molecule has 196 valence electrons. The molecule has 5 rings (SSSR count). The van der Waals surface area contributed by atoms with Crippen molar-refractivity contribution in [2.24, 2.45) is 0 Å². The Morgan fingerprint density at radius 3 is 2.05 bits per heavy atom. The normalized spacial score (nSPS) is 11.0. The monoisotopic (exact) mass is 515 g/mol. The highest BCUT2D eigenvalue weighted by atomic mass is 16.5. The molecule has 0 radical (unpaired) electrons. The first kappa shape index (κ1) is 26.0. The Kier molecular flexibility index (Phi) is 7.88. The molecule has 4 aromatic carbocycles. The average molecular weight is 516 g/mol. The summed E-state index contributed by atoms with van der Waals surface area (Å²) >= 11 is 0. The van der Waals surface area contributed by atoms with Gasteiger partial charge in [0.1, 0.15) is 11.4 Å². The van der Waals surface area contributed by atoms with E-state index in [1.807, 2.05) is 42.5 Å². The smallest absolute Gasteiger partial charge is 0.270 e. The second-order valence-electron chi connectivity index (χ2n) is 9.74. The minimum Gasteiger partial charge on any atom is -0.497 e. The maximum Gasteiger partial charge on any atom is 0.270 e. The summed E-state index contributed by atoms with van der Waals surface area (Å²) < 4.78 is 7.03. The number of hydrogen-bond donors (Lipinski definition) is 1. The van der Waals surface area contributed by atoms with Crippen LogP contribution in [0.25, 0.3) is 16.9 Å². The van der Waals surface area contributed by atoms with Crippen molar-refractivity contribution in [2.45, 2.75) is 26.2 Å². The van der Waals surface area contributed by atoms with Gasteiger partial charge in [-0.3, -0.25) is 4.79 Å². The summed E-state index contributed by atoms with van der Waals surface area (Å²) in [5, 5.41) is 8.01. The fourth-order valence-electron chi connectivity index (χ4n) is 4.82. The van der Waals surface area contributed by atoms with Crippen molar-refractivity contribution >= 4 is 5.91 Å². The lowest BCUT2D eigenvalue weighted by Gasteiger charge is -2.18. The van der Waals surface area contributed by atoms with E-state index in [-0.39, 0.29) is 11.8 Å². The zero-order valence-electron chi connectivity index (χ0n) is 22.6. The van der Waals surface area contributed by atoms with Gasteiger partial charge < -0.3 is 10.1 Å². The first-order valence-electron chi connectivity index (χ1n) is 13.2. The highest BCUT2D eigenvalue weighted by molar-refractivity contribution is 5.94. The number of rotatable bonds is 9. The molecule has 0 aliphatic rings. The number of hydrogen-bond acceptors (Lipinski definition) is 3. The third-order valence-corrected chi connectivity index (χ3v) is 7.18.